The summed E-state index contributed by atoms with van der Waals surface area (Å²) in [5, 5.41) is 5.32. The van der Waals surface area contributed by atoms with Crippen LogP contribution in [0.4, 0.5) is 0 Å². The Hall–Kier alpha value is -0.810. The third-order valence-corrected chi connectivity index (χ3v) is 3.23. The van der Waals surface area contributed by atoms with Gasteiger partial charge in [-0.2, -0.15) is 0 Å². The fourth-order valence-electron chi connectivity index (χ4n) is 2.22. The topological polar surface area (TPSA) is 84.2 Å². The monoisotopic (exact) mass is 263 g/mol. The summed E-state index contributed by atoms with van der Waals surface area (Å²) in [6, 6.07) is 0. The number of hydrogen-bond acceptors (Lipinski definition) is 3. The molecule has 0 spiro atoms. The zero-order valence-electron chi connectivity index (χ0n) is 10.2. The summed E-state index contributed by atoms with van der Waals surface area (Å²) in [5.41, 5.74) is 5.62. The molecule has 1 rings (SSSR count). The molecule has 0 aliphatic heterocycles. The van der Waals surface area contributed by atoms with Crippen LogP contribution >= 0.6 is 12.4 Å². The highest BCUT2D eigenvalue weighted by molar-refractivity contribution is 5.85. The van der Waals surface area contributed by atoms with Gasteiger partial charge in [0, 0.05) is 25.9 Å². The van der Waals surface area contributed by atoms with E-state index in [9.17, 15) is 9.59 Å². The fraction of sp³-hybridized carbons (Fsp3) is 0.818. The van der Waals surface area contributed by atoms with Crippen molar-refractivity contribution in [2.24, 2.45) is 17.6 Å². The molecule has 0 unspecified atom stereocenters. The van der Waals surface area contributed by atoms with E-state index in [0.717, 1.165) is 19.3 Å². The number of carbonyl (C=O) groups is 2. The third kappa shape index (κ3) is 4.91. The Kier molecular flexibility index (Phi) is 7.91. The lowest BCUT2D eigenvalue weighted by Crippen LogP contribution is -2.36. The van der Waals surface area contributed by atoms with Gasteiger partial charge in [0.25, 0.3) is 0 Å². The van der Waals surface area contributed by atoms with Crippen molar-refractivity contribution in [1.82, 2.24) is 10.6 Å². The van der Waals surface area contributed by atoms with Crippen LogP contribution in [0, 0.1) is 11.8 Å². The average molecular weight is 264 g/mol. The van der Waals surface area contributed by atoms with Gasteiger partial charge in [0.05, 0.1) is 0 Å². The van der Waals surface area contributed by atoms with Crippen LogP contribution in [0.1, 0.15) is 25.7 Å². The molecule has 0 saturated heterocycles. The van der Waals surface area contributed by atoms with Crippen LogP contribution in [0.25, 0.3) is 0 Å². The van der Waals surface area contributed by atoms with E-state index >= 15 is 0 Å². The molecular formula is C11H22ClN3O2. The predicted octanol–water partition coefficient (Wildman–Crippen LogP) is 0.0355. The summed E-state index contributed by atoms with van der Waals surface area (Å²) in [7, 11) is 1.59. The summed E-state index contributed by atoms with van der Waals surface area (Å²) < 4.78 is 0. The van der Waals surface area contributed by atoms with Crippen LogP contribution in [0.2, 0.25) is 0 Å². The minimum atomic E-state index is -0.0536. The highest BCUT2D eigenvalue weighted by Crippen LogP contribution is 2.30. The molecule has 2 amide bonds. The number of hydrogen-bond donors (Lipinski definition) is 3. The molecule has 0 bridgehead atoms. The second-order valence-electron chi connectivity index (χ2n) is 4.25. The smallest absolute Gasteiger partial charge is 0.223 e. The van der Waals surface area contributed by atoms with Gasteiger partial charge >= 0.3 is 0 Å². The Morgan fingerprint density at radius 2 is 2.06 bits per heavy atom. The minimum absolute atomic E-state index is 0. The van der Waals surface area contributed by atoms with Crippen molar-refractivity contribution >= 4 is 24.2 Å². The first-order chi connectivity index (χ1) is 7.69. The molecule has 0 radical (unpaired) electrons. The predicted molar refractivity (Wildman–Crippen MR) is 68.8 cm³/mol. The maximum absolute atomic E-state index is 11.8. The summed E-state index contributed by atoms with van der Waals surface area (Å²) in [4.78, 5) is 22.7. The SMILES string of the molecule is CNC(=O)CCNC(=O)[C@@H]1CCC[C@@H]1CN.Cl. The standard InChI is InChI=1S/C11H21N3O2.ClH/c1-13-10(15)5-6-14-11(16)9-4-2-3-8(9)7-12;/h8-9H,2-7,12H2,1H3,(H,13,15)(H,14,16);1H/t8-,9-;/m1./s1. The number of rotatable bonds is 5. The molecule has 6 heteroatoms. The molecule has 2 atom stereocenters. The zero-order chi connectivity index (χ0) is 12.0. The Labute approximate surface area is 108 Å². The summed E-state index contributed by atoms with van der Waals surface area (Å²) in [6.45, 7) is 0.986. The van der Waals surface area contributed by atoms with Gasteiger partial charge in [-0.05, 0) is 25.3 Å². The molecule has 100 valence electrons. The molecule has 1 aliphatic carbocycles. The first-order valence-corrected chi connectivity index (χ1v) is 5.87. The molecule has 0 heterocycles. The van der Waals surface area contributed by atoms with Gasteiger partial charge in [0.15, 0.2) is 0 Å². The molecule has 1 fully saturated rings. The van der Waals surface area contributed by atoms with E-state index in [1.165, 1.54) is 0 Å². The molecule has 0 aromatic rings. The van der Waals surface area contributed by atoms with Crippen LogP contribution in [-0.2, 0) is 9.59 Å². The Morgan fingerprint density at radius 1 is 1.35 bits per heavy atom. The van der Waals surface area contributed by atoms with Gasteiger partial charge in [-0.1, -0.05) is 6.42 Å². The zero-order valence-corrected chi connectivity index (χ0v) is 11.0. The molecule has 0 aromatic carbocycles. The molecule has 1 aliphatic rings. The largest absolute Gasteiger partial charge is 0.359 e. The van der Waals surface area contributed by atoms with Gasteiger partial charge < -0.3 is 16.4 Å². The van der Waals surface area contributed by atoms with E-state index in [2.05, 4.69) is 10.6 Å². The third-order valence-electron chi connectivity index (χ3n) is 3.23. The van der Waals surface area contributed by atoms with Crippen LogP contribution in [0.3, 0.4) is 0 Å². The quantitative estimate of drug-likeness (QED) is 0.655. The lowest BCUT2D eigenvalue weighted by Gasteiger charge is -2.17. The number of nitrogens with two attached hydrogens (primary N) is 1. The Bertz CT molecular complexity index is 261. The van der Waals surface area contributed by atoms with Crippen molar-refractivity contribution < 1.29 is 9.59 Å². The molecular weight excluding hydrogens is 242 g/mol. The van der Waals surface area contributed by atoms with E-state index in [-0.39, 0.29) is 30.1 Å². The van der Waals surface area contributed by atoms with Crippen molar-refractivity contribution in [2.75, 3.05) is 20.1 Å². The Morgan fingerprint density at radius 3 is 2.65 bits per heavy atom. The first-order valence-electron chi connectivity index (χ1n) is 5.87. The summed E-state index contributed by atoms with van der Waals surface area (Å²) >= 11 is 0. The summed E-state index contributed by atoms with van der Waals surface area (Å²) in [6.07, 6.45) is 3.38. The van der Waals surface area contributed by atoms with Crippen molar-refractivity contribution in [3.63, 3.8) is 0 Å². The Balaban J connectivity index is 0.00000256. The number of nitrogens with one attached hydrogen (secondary N) is 2. The van der Waals surface area contributed by atoms with Crippen LogP contribution < -0.4 is 16.4 Å². The van der Waals surface area contributed by atoms with Gasteiger partial charge in [0.2, 0.25) is 11.8 Å². The average Bonchev–Trinajstić information content (AvgIpc) is 2.76. The number of carbonyl (C=O) groups excluding carboxylic acids is 2. The van der Waals surface area contributed by atoms with E-state index < -0.39 is 0 Å². The minimum Gasteiger partial charge on any atom is -0.359 e. The molecule has 5 nitrogen and oxygen atoms in total. The maximum Gasteiger partial charge on any atom is 0.223 e. The first kappa shape index (κ1) is 16.2. The van der Waals surface area contributed by atoms with Crippen LogP contribution in [0.15, 0.2) is 0 Å². The molecule has 4 N–H and O–H groups in total. The van der Waals surface area contributed by atoms with Gasteiger partial charge in [-0.15, -0.1) is 12.4 Å². The molecule has 0 aromatic heterocycles. The van der Waals surface area contributed by atoms with Crippen molar-refractivity contribution in [3.05, 3.63) is 0 Å². The van der Waals surface area contributed by atoms with Gasteiger partial charge in [0.1, 0.15) is 0 Å². The van der Waals surface area contributed by atoms with E-state index in [4.69, 9.17) is 5.73 Å². The maximum atomic E-state index is 11.8. The van der Waals surface area contributed by atoms with E-state index in [1.54, 1.807) is 7.05 Å². The lowest BCUT2D eigenvalue weighted by molar-refractivity contribution is -0.126. The van der Waals surface area contributed by atoms with Gasteiger partial charge in [-0.3, -0.25) is 9.59 Å². The van der Waals surface area contributed by atoms with E-state index in [0.29, 0.717) is 25.4 Å². The van der Waals surface area contributed by atoms with Crippen molar-refractivity contribution in [3.8, 4) is 0 Å². The van der Waals surface area contributed by atoms with Crippen molar-refractivity contribution in [1.29, 1.82) is 0 Å². The van der Waals surface area contributed by atoms with Gasteiger partial charge in [-0.25, -0.2) is 0 Å². The fourth-order valence-corrected chi connectivity index (χ4v) is 2.22. The van der Waals surface area contributed by atoms with Crippen molar-refractivity contribution in [2.45, 2.75) is 25.7 Å². The highest BCUT2D eigenvalue weighted by atomic mass is 35.5. The summed E-state index contributed by atoms with van der Waals surface area (Å²) in [5.74, 6) is 0.369. The molecule has 17 heavy (non-hydrogen) atoms. The normalized spacial score (nSPS) is 22.7. The lowest BCUT2D eigenvalue weighted by atomic mass is 9.95. The van der Waals surface area contributed by atoms with Crippen LogP contribution in [0.5, 0.6) is 0 Å². The number of amides is 2. The molecule has 1 saturated carbocycles. The second-order valence-corrected chi connectivity index (χ2v) is 4.25. The van der Waals surface area contributed by atoms with E-state index in [1.807, 2.05) is 0 Å². The second kappa shape index (κ2) is 8.31. The highest BCUT2D eigenvalue weighted by Gasteiger charge is 2.31. The number of halogens is 1. The van der Waals surface area contributed by atoms with Crippen LogP contribution in [-0.4, -0.2) is 32.0 Å².